The van der Waals surface area contributed by atoms with Crippen LogP contribution in [0.3, 0.4) is 0 Å². The molecule has 4 heteroatoms. The highest BCUT2D eigenvalue weighted by molar-refractivity contribution is 5.32. The van der Waals surface area contributed by atoms with Crippen LogP contribution in [0.1, 0.15) is 13.8 Å². The van der Waals surface area contributed by atoms with E-state index in [1.165, 1.54) is 6.08 Å². The van der Waals surface area contributed by atoms with Crippen molar-refractivity contribution >= 4 is 0 Å². The van der Waals surface area contributed by atoms with Crippen LogP contribution >= 0.6 is 0 Å². The predicted octanol–water partition coefficient (Wildman–Crippen LogP) is 2.37. The molecule has 0 atom stereocenters. The van der Waals surface area contributed by atoms with Gasteiger partial charge >= 0.3 is 6.18 Å². The van der Waals surface area contributed by atoms with Gasteiger partial charge in [-0.15, -0.1) is 0 Å². The molecule has 0 aliphatic carbocycles. The molecule has 0 unspecified atom stereocenters. The molecule has 1 nitrogen and oxygen atoms in total. The summed E-state index contributed by atoms with van der Waals surface area (Å²) in [5.41, 5.74) is 0.946. The Balaban J connectivity index is 2.91. The molecular formula is C8H10F3N. The van der Waals surface area contributed by atoms with Crippen LogP contribution in [0, 0.1) is 0 Å². The highest BCUT2D eigenvalue weighted by atomic mass is 19.4. The van der Waals surface area contributed by atoms with Crippen LogP contribution in [0.25, 0.3) is 0 Å². The first-order chi connectivity index (χ1) is 5.41. The largest absolute Gasteiger partial charge is 0.414 e. The summed E-state index contributed by atoms with van der Waals surface area (Å²) in [5, 5.41) is 2.68. The molecule has 0 aromatic rings. The van der Waals surface area contributed by atoms with E-state index in [9.17, 15) is 13.2 Å². The number of hydrogen-bond donors (Lipinski definition) is 1. The minimum atomic E-state index is -4.20. The van der Waals surface area contributed by atoms with Gasteiger partial charge in [0.1, 0.15) is 0 Å². The normalized spacial score (nSPS) is 18.9. The molecule has 0 fully saturated rings. The predicted molar refractivity (Wildman–Crippen MR) is 40.5 cm³/mol. The molecule has 0 aromatic heterocycles. The third-order valence-corrected chi connectivity index (χ3v) is 1.89. The summed E-state index contributed by atoms with van der Waals surface area (Å²) in [6.45, 7) is 3.30. The van der Waals surface area contributed by atoms with E-state index in [1.54, 1.807) is 13.8 Å². The van der Waals surface area contributed by atoms with E-state index in [4.69, 9.17) is 0 Å². The molecule has 0 spiro atoms. The Hall–Kier alpha value is -0.930. The fraction of sp³-hybridized carbons (Fsp3) is 0.500. The fourth-order valence-corrected chi connectivity index (χ4v) is 0.970. The van der Waals surface area contributed by atoms with Gasteiger partial charge in [-0.25, -0.2) is 0 Å². The van der Waals surface area contributed by atoms with Gasteiger partial charge in [-0.05, 0) is 25.5 Å². The lowest BCUT2D eigenvalue weighted by Crippen LogP contribution is -2.27. The number of dihydropyridines is 1. The number of allylic oxidation sites excluding steroid dienone is 3. The fourth-order valence-electron chi connectivity index (χ4n) is 0.970. The first-order valence-corrected chi connectivity index (χ1v) is 3.60. The highest BCUT2D eigenvalue weighted by Gasteiger charge is 2.34. The molecule has 0 saturated carbocycles. The molecule has 0 aromatic carbocycles. The van der Waals surface area contributed by atoms with E-state index in [-0.39, 0.29) is 6.54 Å². The zero-order valence-corrected chi connectivity index (χ0v) is 6.92. The Morgan fingerprint density at radius 3 is 2.33 bits per heavy atom. The lowest BCUT2D eigenvalue weighted by atomic mass is 10.1. The molecule has 1 heterocycles. The minimum Gasteiger partial charge on any atom is -0.384 e. The number of alkyl halides is 3. The molecule has 1 N–H and O–H groups in total. The quantitative estimate of drug-likeness (QED) is 0.599. The molecule has 1 aliphatic heterocycles. The van der Waals surface area contributed by atoms with Gasteiger partial charge in [-0.2, -0.15) is 13.2 Å². The number of hydrogen-bond acceptors (Lipinski definition) is 1. The van der Waals surface area contributed by atoms with Crippen molar-refractivity contribution < 1.29 is 13.2 Å². The summed E-state index contributed by atoms with van der Waals surface area (Å²) < 4.78 is 36.3. The Morgan fingerprint density at radius 2 is 1.92 bits per heavy atom. The van der Waals surface area contributed by atoms with E-state index < -0.39 is 11.7 Å². The molecule has 0 amide bonds. The Labute approximate surface area is 69.0 Å². The van der Waals surface area contributed by atoms with Gasteiger partial charge in [0.05, 0.1) is 5.57 Å². The summed E-state index contributed by atoms with van der Waals surface area (Å²) in [4.78, 5) is 0. The van der Waals surface area contributed by atoms with Crippen molar-refractivity contribution in [2.24, 2.45) is 0 Å². The lowest BCUT2D eigenvalue weighted by Gasteiger charge is -2.19. The summed E-state index contributed by atoms with van der Waals surface area (Å²) in [6.07, 6.45) is -3.01. The van der Waals surface area contributed by atoms with Crippen LogP contribution in [0.5, 0.6) is 0 Å². The van der Waals surface area contributed by atoms with E-state index in [0.717, 1.165) is 5.70 Å². The maximum atomic E-state index is 12.1. The molecule has 0 bridgehead atoms. The van der Waals surface area contributed by atoms with E-state index in [0.29, 0.717) is 5.57 Å². The zero-order chi connectivity index (χ0) is 9.35. The standard InChI is InChI=1S/C8H10F3N/c1-5-3-7(8(9,10)11)4-12-6(5)2/h3,12H,4H2,1-2H3. The van der Waals surface area contributed by atoms with E-state index >= 15 is 0 Å². The van der Waals surface area contributed by atoms with E-state index in [1.807, 2.05) is 0 Å². The van der Waals surface area contributed by atoms with Crippen LogP contribution in [-0.2, 0) is 0 Å². The van der Waals surface area contributed by atoms with Crippen LogP contribution in [-0.4, -0.2) is 12.7 Å². The van der Waals surface area contributed by atoms with Gasteiger partial charge in [0.15, 0.2) is 0 Å². The highest BCUT2D eigenvalue weighted by Crippen LogP contribution is 2.28. The Morgan fingerprint density at radius 1 is 1.33 bits per heavy atom. The third-order valence-electron chi connectivity index (χ3n) is 1.89. The van der Waals surface area contributed by atoms with Crippen LogP contribution in [0.4, 0.5) is 13.2 Å². The van der Waals surface area contributed by atoms with Crippen molar-refractivity contribution in [1.82, 2.24) is 5.32 Å². The SMILES string of the molecule is CC1=C(C)NCC(C(F)(F)F)=C1. The van der Waals surface area contributed by atoms with Gasteiger partial charge in [-0.1, -0.05) is 0 Å². The topological polar surface area (TPSA) is 12.0 Å². The molecular weight excluding hydrogens is 167 g/mol. The number of nitrogens with one attached hydrogen (secondary N) is 1. The minimum absolute atomic E-state index is 0.118. The third kappa shape index (κ3) is 1.81. The molecule has 68 valence electrons. The summed E-state index contributed by atoms with van der Waals surface area (Å²) in [7, 11) is 0. The first-order valence-electron chi connectivity index (χ1n) is 3.60. The maximum Gasteiger partial charge on any atom is 0.414 e. The van der Waals surface area contributed by atoms with Crippen molar-refractivity contribution in [3.05, 3.63) is 22.9 Å². The van der Waals surface area contributed by atoms with Crippen LogP contribution in [0.15, 0.2) is 22.9 Å². The summed E-state index contributed by atoms with van der Waals surface area (Å²) >= 11 is 0. The number of halogens is 3. The smallest absolute Gasteiger partial charge is 0.384 e. The maximum absolute atomic E-state index is 12.1. The Bertz CT molecular complexity index is 248. The number of rotatable bonds is 0. The van der Waals surface area contributed by atoms with Gasteiger partial charge in [0.2, 0.25) is 0 Å². The molecule has 1 aliphatic rings. The summed E-state index contributed by atoms with van der Waals surface area (Å²) in [6, 6.07) is 0. The molecule has 0 radical (unpaired) electrons. The van der Waals surface area contributed by atoms with Gasteiger partial charge in [0, 0.05) is 12.2 Å². The van der Waals surface area contributed by atoms with Crippen molar-refractivity contribution in [1.29, 1.82) is 0 Å². The summed E-state index contributed by atoms with van der Waals surface area (Å²) in [5.74, 6) is 0. The second kappa shape index (κ2) is 2.84. The van der Waals surface area contributed by atoms with Crippen molar-refractivity contribution in [2.75, 3.05) is 6.54 Å². The van der Waals surface area contributed by atoms with Crippen molar-refractivity contribution in [3.8, 4) is 0 Å². The van der Waals surface area contributed by atoms with Gasteiger partial charge in [0.25, 0.3) is 0 Å². The zero-order valence-electron chi connectivity index (χ0n) is 6.92. The lowest BCUT2D eigenvalue weighted by molar-refractivity contribution is -0.0930. The second-order valence-corrected chi connectivity index (χ2v) is 2.83. The molecule has 12 heavy (non-hydrogen) atoms. The second-order valence-electron chi connectivity index (χ2n) is 2.83. The van der Waals surface area contributed by atoms with Crippen LogP contribution in [0.2, 0.25) is 0 Å². The molecule has 1 rings (SSSR count). The van der Waals surface area contributed by atoms with Crippen LogP contribution < -0.4 is 5.32 Å². The van der Waals surface area contributed by atoms with E-state index in [2.05, 4.69) is 5.32 Å². The van der Waals surface area contributed by atoms with Gasteiger partial charge in [-0.3, -0.25) is 0 Å². The first kappa shape index (κ1) is 9.16. The average molecular weight is 177 g/mol. The average Bonchev–Trinajstić information content (AvgIpc) is 1.92. The van der Waals surface area contributed by atoms with Crippen molar-refractivity contribution in [2.45, 2.75) is 20.0 Å². The van der Waals surface area contributed by atoms with Crippen molar-refractivity contribution in [3.63, 3.8) is 0 Å². The molecule has 0 saturated heterocycles. The monoisotopic (exact) mass is 177 g/mol. The Kier molecular flexibility index (Phi) is 2.17. The van der Waals surface area contributed by atoms with Gasteiger partial charge < -0.3 is 5.32 Å².